The molecule has 0 saturated carbocycles. The number of anilines is 1. The van der Waals surface area contributed by atoms with E-state index >= 15 is 0 Å². The summed E-state index contributed by atoms with van der Waals surface area (Å²) in [5, 5.41) is 4.81. The maximum Gasteiger partial charge on any atom is 0.0652 e. The van der Waals surface area contributed by atoms with Gasteiger partial charge in [0.1, 0.15) is 0 Å². The first-order chi connectivity index (χ1) is 9.20. The summed E-state index contributed by atoms with van der Waals surface area (Å²) in [4.78, 5) is 0. The topological polar surface area (TPSA) is 12.0 Å². The Labute approximate surface area is 124 Å². The van der Waals surface area contributed by atoms with E-state index in [0.29, 0.717) is 10.0 Å². The van der Waals surface area contributed by atoms with Crippen molar-refractivity contribution < 1.29 is 0 Å². The number of halogens is 2. The molecule has 0 saturated heterocycles. The molecule has 1 unspecified atom stereocenters. The van der Waals surface area contributed by atoms with Gasteiger partial charge < -0.3 is 5.32 Å². The van der Waals surface area contributed by atoms with E-state index in [4.69, 9.17) is 23.2 Å². The maximum absolute atomic E-state index is 6.21. The van der Waals surface area contributed by atoms with Crippen LogP contribution in [0.2, 0.25) is 10.0 Å². The van der Waals surface area contributed by atoms with Gasteiger partial charge in [0.15, 0.2) is 0 Å². The Hall–Kier alpha value is -1.18. The summed E-state index contributed by atoms with van der Waals surface area (Å²) in [6.45, 7) is 2.18. The molecule has 100 valence electrons. The van der Waals surface area contributed by atoms with Crippen molar-refractivity contribution in [3.63, 3.8) is 0 Å². The van der Waals surface area contributed by atoms with Gasteiger partial charge in [0, 0.05) is 5.02 Å². The molecule has 2 aromatic rings. The summed E-state index contributed by atoms with van der Waals surface area (Å²) in [5.74, 6) is 0. The fourth-order valence-corrected chi connectivity index (χ4v) is 2.55. The van der Waals surface area contributed by atoms with E-state index in [1.54, 1.807) is 6.07 Å². The van der Waals surface area contributed by atoms with Gasteiger partial charge in [0.25, 0.3) is 0 Å². The number of benzene rings is 2. The van der Waals surface area contributed by atoms with Gasteiger partial charge in [-0.1, -0.05) is 66.9 Å². The number of hydrogen-bond donors (Lipinski definition) is 1. The van der Waals surface area contributed by atoms with Crippen molar-refractivity contribution in [2.75, 3.05) is 5.32 Å². The van der Waals surface area contributed by atoms with Crippen LogP contribution in [0, 0.1) is 0 Å². The molecule has 3 heteroatoms. The number of rotatable bonds is 5. The van der Waals surface area contributed by atoms with Crippen LogP contribution in [-0.2, 0) is 0 Å². The minimum Gasteiger partial charge on any atom is -0.377 e. The van der Waals surface area contributed by atoms with Gasteiger partial charge in [-0.3, -0.25) is 0 Å². The van der Waals surface area contributed by atoms with E-state index in [2.05, 4.69) is 36.5 Å². The third-order valence-corrected chi connectivity index (χ3v) is 3.59. The van der Waals surface area contributed by atoms with Gasteiger partial charge in [-0.15, -0.1) is 0 Å². The Kier molecular flexibility index (Phi) is 5.12. The van der Waals surface area contributed by atoms with Gasteiger partial charge in [-0.2, -0.15) is 0 Å². The van der Waals surface area contributed by atoms with Gasteiger partial charge in [0.05, 0.1) is 16.8 Å². The zero-order chi connectivity index (χ0) is 13.7. The Morgan fingerprint density at radius 3 is 2.42 bits per heavy atom. The molecule has 0 fully saturated rings. The SMILES string of the molecule is CCCC(Nc1ccc(Cl)cc1Cl)c1ccccc1. The molecule has 2 rings (SSSR count). The predicted molar refractivity (Wildman–Crippen MR) is 84.2 cm³/mol. The molecule has 0 aliphatic rings. The van der Waals surface area contributed by atoms with Crippen LogP contribution in [-0.4, -0.2) is 0 Å². The van der Waals surface area contributed by atoms with Crippen molar-refractivity contribution in [1.82, 2.24) is 0 Å². The largest absolute Gasteiger partial charge is 0.377 e. The van der Waals surface area contributed by atoms with Crippen LogP contribution >= 0.6 is 23.2 Å². The van der Waals surface area contributed by atoms with Crippen LogP contribution in [0.25, 0.3) is 0 Å². The van der Waals surface area contributed by atoms with Crippen molar-refractivity contribution in [1.29, 1.82) is 0 Å². The second kappa shape index (κ2) is 6.83. The minimum atomic E-state index is 0.268. The molecule has 0 heterocycles. The second-order valence-corrected chi connectivity index (χ2v) is 5.36. The second-order valence-electron chi connectivity index (χ2n) is 4.52. The van der Waals surface area contributed by atoms with Crippen LogP contribution in [0.15, 0.2) is 48.5 Å². The number of hydrogen-bond acceptors (Lipinski definition) is 1. The van der Waals surface area contributed by atoms with E-state index in [0.717, 1.165) is 18.5 Å². The van der Waals surface area contributed by atoms with Crippen LogP contribution in [0.3, 0.4) is 0 Å². The molecule has 0 radical (unpaired) electrons. The fourth-order valence-electron chi connectivity index (χ4n) is 2.09. The first kappa shape index (κ1) is 14.2. The normalized spacial score (nSPS) is 12.2. The Morgan fingerprint density at radius 2 is 1.79 bits per heavy atom. The molecule has 0 bridgehead atoms. The highest BCUT2D eigenvalue weighted by Gasteiger charge is 2.11. The first-order valence-electron chi connectivity index (χ1n) is 6.47. The zero-order valence-corrected chi connectivity index (χ0v) is 12.4. The lowest BCUT2D eigenvalue weighted by Gasteiger charge is -2.20. The van der Waals surface area contributed by atoms with Crippen LogP contribution < -0.4 is 5.32 Å². The first-order valence-corrected chi connectivity index (χ1v) is 7.23. The highest BCUT2D eigenvalue weighted by molar-refractivity contribution is 6.36. The standard InChI is InChI=1S/C16H17Cl2N/c1-2-6-15(12-7-4-3-5-8-12)19-16-10-9-13(17)11-14(16)18/h3-5,7-11,15,19H,2,6H2,1H3. The number of nitrogens with one attached hydrogen (secondary N) is 1. The molecular formula is C16H17Cl2N. The molecule has 0 aliphatic heterocycles. The van der Waals surface area contributed by atoms with Crippen LogP contribution in [0.1, 0.15) is 31.4 Å². The maximum atomic E-state index is 6.21. The lowest BCUT2D eigenvalue weighted by Crippen LogP contribution is -2.10. The summed E-state index contributed by atoms with van der Waals surface area (Å²) in [6.07, 6.45) is 2.17. The van der Waals surface area contributed by atoms with E-state index in [1.807, 2.05) is 18.2 Å². The fraction of sp³-hybridized carbons (Fsp3) is 0.250. The van der Waals surface area contributed by atoms with Crippen molar-refractivity contribution in [3.8, 4) is 0 Å². The van der Waals surface area contributed by atoms with Gasteiger partial charge in [-0.05, 0) is 30.2 Å². The molecule has 1 atom stereocenters. The lowest BCUT2D eigenvalue weighted by atomic mass is 10.0. The molecule has 1 nitrogen and oxygen atoms in total. The lowest BCUT2D eigenvalue weighted by molar-refractivity contribution is 0.678. The molecule has 0 spiro atoms. The molecule has 0 amide bonds. The van der Waals surface area contributed by atoms with Crippen LogP contribution in [0.5, 0.6) is 0 Å². The summed E-state index contributed by atoms with van der Waals surface area (Å²) in [5.41, 5.74) is 2.20. The molecule has 1 N–H and O–H groups in total. The monoisotopic (exact) mass is 293 g/mol. The van der Waals surface area contributed by atoms with Crippen molar-refractivity contribution in [2.45, 2.75) is 25.8 Å². The summed E-state index contributed by atoms with van der Waals surface area (Å²) in [6, 6.07) is 16.2. The Balaban J connectivity index is 2.21. The summed E-state index contributed by atoms with van der Waals surface area (Å²) >= 11 is 12.1. The van der Waals surface area contributed by atoms with E-state index in [1.165, 1.54) is 5.56 Å². The molecule has 0 aliphatic carbocycles. The summed E-state index contributed by atoms with van der Waals surface area (Å²) < 4.78 is 0. The molecule has 19 heavy (non-hydrogen) atoms. The highest BCUT2D eigenvalue weighted by atomic mass is 35.5. The highest BCUT2D eigenvalue weighted by Crippen LogP contribution is 2.30. The Bertz CT molecular complexity index is 526. The van der Waals surface area contributed by atoms with Gasteiger partial charge in [-0.25, -0.2) is 0 Å². The molecular weight excluding hydrogens is 277 g/mol. The zero-order valence-electron chi connectivity index (χ0n) is 10.9. The van der Waals surface area contributed by atoms with Crippen LogP contribution in [0.4, 0.5) is 5.69 Å². The van der Waals surface area contributed by atoms with E-state index in [9.17, 15) is 0 Å². The minimum absolute atomic E-state index is 0.268. The van der Waals surface area contributed by atoms with Gasteiger partial charge in [0.2, 0.25) is 0 Å². The smallest absolute Gasteiger partial charge is 0.0652 e. The average molecular weight is 294 g/mol. The third kappa shape index (κ3) is 3.89. The summed E-state index contributed by atoms with van der Waals surface area (Å²) in [7, 11) is 0. The molecule has 0 aromatic heterocycles. The molecule has 2 aromatic carbocycles. The quantitative estimate of drug-likeness (QED) is 0.718. The Morgan fingerprint density at radius 1 is 1.05 bits per heavy atom. The van der Waals surface area contributed by atoms with Crippen molar-refractivity contribution in [3.05, 3.63) is 64.1 Å². The van der Waals surface area contributed by atoms with E-state index < -0.39 is 0 Å². The average Bonchev–Trinajstić information content (AvgIpc) is 2.42. The third-order valence-electron chi connectivity index (χ3n) is 3.04. The van der Waals surface area contributed by atoms with Crippen molar-refractivity contribution in [2.24, 2.45) is 0 Å². The predicted octanol–water partition coefficient (Wildman–Crippen LogP) is 5.95. The van der Waals surface area contributed by atoms with Crippen molar-refractivity contribution >= 4 is 28.9 Å². The van der Waals surface area contributed by atoms with Gasteiger partial charge >= 0.3 is 0 Å². The van der Waals surface area contributed by atoms with E-state index in [-0.39, 0.29) is 6.04 Å².